The van der Waals surface area contributed by atoms with Crippen molar-refractivity contribution in [3.63, 3.8) is 0 Å². The zero-order valence-electron chi connectivity index (χ0n) is 19.5. The van der Waals surface area contributed by atoms with E-state index in [1.807, 2.05) is 20.8 Å². The van der Waals surface area contributed by atoms with Crippen molar-refractivity contribution in [1.29, 1.82) is 0 Å². The van der Waals surface area contributed by atoms with Gasteiger partial charge in [0.2, 0.25) is 5.88 Å². The number of anilines is 1. The minimum Gasteiger partial charge on any atom is -0.474 e. The van der Waals surface area contributed by atoms with Crippen LogP contribution in [-0.2, 0) is 10.0 Å². The van der Waals surface area contributed by atoms with Crippen LogP contribution in [0, 0.1) is 11.8 Å². The summed E-state index contributed by atoms with van der Waals surface area (Å²) in [6, 6.07) is 7.67. The Bertz CT molecular complexity index is 1080. The molecule has 0 aliphatic carbocycles. The fraction of sp³-hybridized carbons (Fsp3) is 0.522. The summed E-state index contributed by atoms with van der Waals surface area (Å²) in [5.74, 6) is 0.566. The number of ether oxygens (including phenoxy) is 1. The largest absolute Gasteiger partial charge is 0.474 e. The fourth-order valence-corrected chi connectivity index (χ4v) is 4.49. The number of rotatable bonds is 7. The van der Waals surface area contributed by atoms with Gasteiger partial charge in [-0.05, 0) is 57.2 Å². The van der Waals surface area contributed by atoms with Crippen molar-refractivity contribution in [2.24, 2.45) is 11.8 Å². The Kier molecular flexibility index (Phi) is 6.78. The highest BCUT2D eigenvalue weighted by atomic mass is 32.2. The second kappa shape index (κ2) is 9.05. The second-order valence-corrected chi connectivity index (χ2v) is 10.8. The highest BCUT2D eigenvalue weighted by Crippen LogP contribution is 2.38. The summed E-state index contributed by atoms with van der Waals surface area (Å²) in [6.45, 7) is 13.0. The zero-order valence-corrected chi connectivity index (χ0v) is 20.3. The van der Waals surface area contributed by atoms with Crippen molar-refractivity contribution in [3.05, 3.63) is 42.1 Å². The third-order valence-electron chi connectivity index (χ3n) is 6.42. The smallest absolute Gasteiger partial charge is 0.281 e. The van der Waals surface area contributed by atoms with Gasteiger partial charge >= 0.3 is 0 Å². The number of aromatic nitrogens is 2. The predicted octanol–water partition coefficient (Wildman–Crippen LogP) is 3.64. The Morgan fingerprint density at radius 1 is 1.22 bits per heavy atom. The van der Waals surface area contributed by atoms with Gasteiger partial charge in [-0.3, -0.25) is 4.79 Å². The van der Waals surface area contributed by atoms with Crippen LogP contribution in [0.4, 0.5) is 5.82 Å². The van der Waals surface area contributed by atoms with Crippen LogP contribution in [0.25, 0.3) is 0 Å². The molecule has 1 amide bonds. The Hall–Kier alpha value is -2.68. The second-order valence-electron chi connectivity index (χ2n) is 9.19. The molecule has 2 atom stereocenters. The first kappa shape index (κ1) is 24.0. The maximum Gasteiger partial charge on any atom is 0.281 e. The molecule has 1 saturated heterocycles. The maximum absolute atomic E-state index is 13.0. The molecule has 2 aromatic rings. The maximum atomic E-state index is 13.0. The van der Waals surface area contributed by atoms with Crippen LogP contribution in [0.2, 0.25) is 0 Å². The molecule has 1 fully saturated rings. The van der Waals surface area contributed by atoms with Crippen LogP contribution in [0.15, 0.2) is 41.6 Å². The van der Waals surface area contributed by atoms with Crippen LogP contribution < -0.4 is 14.4 Å². The first-order chi connectivity index (χ1) is 14.9. The topological polar surface area (TPSA) is 101 Å². The van der Waals surface area contributed by atoms with Crippen molar-refractivity contribution in [2.45, 2.75) is 64.6 Å². The van der Waals surface area contributed by atoms with Gasteiger partial charge in [0, 0.05) is 24.3 Å². The van der Waals surface area contributed by atoms with Crippen molar-refractivity contribution >= 4 is 21.7 Å². The van der Waals surface area contributed by atoms with Gasteiger partial charge in [-0.25, -0.2) is 9.71 Å². The summed E-state index contributed by atoms with van der Waals surface area (Å²) in [7, 11) is -4.20. The monoisotopic (exact) mass is 460 g/mol. The molecule has 0 radical (unpaired) electrons. The normalized spacial score (nSPS) is 19.1. The molecule has 3 rings (SSSR count). The van der Waals surface area contributed by atoms with Crippen LogP contribution in [0.3, 0.4) is 0 Å². The number of sulfonamides is 1. The molecule has 8 nitrogen and oxygen atoms in total. The van der Waals surface area contributed by atoms with Crippen LogP contribution in [0.5, 0.6) is 5.88 Å². The van der Waals surface area contributed by atoms with E-state index in [0.29, 0.717) is 11.7 Å². The van der Waals surface area contributed by atoms with Gasteiger partial charge < -0.3 is 9.64 Å². The number of amides is 1. The number of nitrogens with one attached hydrogen (secondary N) is 1. The van der Waals surface area contributed by atoms with E-state index in [9.17, 15) is 13.2 Å². The molecule has 1 aliphatic rings. The van der Waals surface area contributed by atoms with E-state index < -0.39 is 15.9 Å². The van der Waals surface area contributed by atoms with Crippen molar-refractivity contribution in [1.82, 2.24) is 14.7 Å². The minimum absolute atomic E-state index is 0.140. The molecule has 1 aliphatic heterocycles. The summed E-state index contributed by atoms with van der Waals surface area (Å²) >= 11 is 0. The third-order valence-corrected chi connectivity index (χ3v) is 7.65. The van der Waals surface area contributed by atoms with Crippen molar-refractivity contribution < 1.29 is 17.9 Å². The fourth-order valence-electron chi connectivity index (χ4n) is 3.57. The van der Waals surface area contributed by atoms with Gasteiger partial charge in [0.1, 0.15) is 5.82 Å². The lowest BCUT2D eigenvalue weighted by molar-refractivity contribution is 0.0981. The number of pyridine rings is 2. The molecule has 1 N–H and O–H groups in total. The molecule has 9 heteroatoms. The molecule has 3 heterocycles. The number of carbonyl (C=O) groups is 1. The Labute approximate surface area is 190 Å². The molecule has 0 saturated carbocycles. The Morgan fingerprint density at radius 3 is 2.56 bits per heavy atom. The molecular weight excluding hydrogens is 428 g/mol. The lowest BCUT2D eigenvalue weighted by atomic mass is 9.90. The Morgan fingerprint density at radius 2 is 1.94 bits per heavy atom. The first-order valence-electron chi connectivity index (χ1n) is 10.9. The summed E-state index contributed by atoms with van der Waals surface area (Å²) in [5.41, 5.74) is 0.00172. The zero-order chi connectivity index (χ0) is 23.7. The van der Waals surface area contributed by atoms with Crippen LogP contribution in [0.1, 0.15) is 58.3 Å². The van der Waals surface area contributed by atoms with E-state index in [1.54, 1.807) is 24.4 Å². The van der Waals surface area contributed by atoms with Gasteiger partial charge in [-0.1, -0.05) is 26.8 Å². The van der Waals surface area contributed by atoms with Gasteiger partial charge in [0.15, 0.2) is 5.03 Å². The third kappa shape index (κ3) is 4.87. The average Bonchev–Trinajstić information content (AvgIpc) is 3.00. The average molecular weight is 461 g/mol. The SMILES string of the molecule is CC(C)C(C)Oc1cccc(S(=O)(=O)NC(=O)c2cccnc2N2CCC(C)C2(C)C)n1. The molecule has 2 unspecified atom stereocenters. The lowest BCUT2D eigenvalue weighted by Gasteiger charge is -2.36. The Balaban J connectivity index is 1.85. The molecule has 0 spiro atoms. The summed E-state index contributed by atoms with van der Waals surface area (Å²) < 4.78 is 33.7. The lowest BCUT2D eigenvalue weighted by Crippen LogP contribution is -2.43. The molecular formula is C23H32N4O4S. The molecule has 32 heavy (non-hydrogen) atoms. The number of carbonyl (C=O) groups excluding carboxylic acids is 1. The van der Waals surface area contributed by atoms with Crippen molar-refractivity contribution in [3.8, 4) is 5.88 Å². The van der Waals surface area contributed by atoms with Gasteiger partial charge in [-0.15, -0.1) is 0 Å². The minimum atomic E-state index is -4.20. The van der Waals surface area contributed by atoms with E-state index in [1.165, 1.54) is 12.1 Å². The van der Waals surface area contributed by atoms with Gasteiger partial charge in [0.25, 0.3) is 15.9 Å². The number of nitrogens with zero attached hydrogens (tertiary/aromatic N) is 3. The standard InChI is InChI=1S/C23H32N4O4S/c1-15(2)17(4)31-19-10-7-11-20(25-19)32(29,30)26-22(28)18-9-8-13-24-21(18)27-14-12-16(3)23(27,5)6/h7-11,13,15-17H,12,14H2,1-6H3,(H,26,28). The molecule has 174 valence electrons. The molecule has 0 aromatic carbocycles. The van der Waals surface area contributed by atoms with Crippen LogP contribution >= 0.6 is 0 Å². The number of hydrogen-bond acceptors (Lipinski definition) is 7. The van der Waals surface area contributed by atoms with E-state index in [0.717, 1.165) is 13.0 Å². The quantitative estimate of drug-likeness (QED) is 0.673. The summed E-state index contributed by atoms with van der Waals surface area (Å²) in [5, 5.41) is -0.278. The first-order valence-corrected chi connectivity index (χ1v) is 12.4. The van der Waals surface area contributed by atoms with E-state index in [-0.39, 0.29) is 34.0 Å². The highest BCUT2D eigenvalue weighted by Gasteiger charge is 2.40. The highest BCUT2D eigenvalue weighted by molar-refractivity contribution is 7.90. The van der Waals surface area contributed by atoms with Gasteiger partial charge in [-0.2, -0.15) is 13.4 Å². The van der Waals surface area contributed by atoms with E-state index >= 15 is 0 Å². The van der Waals surface area contributed by atoms with Gasteiger partial charge in [0.05, 0.1) is 11.7 Å². The number of hydrogen-bond donors (Lipinski definition) is 1. The van der Waals surface area contributed by atoms with Crippen LogP contribution in [-0.4, -0.2) is 42.5 Å². The predicted molar refractivity (Wildman–Crippen MR) is 123 cm³/mol. The van der Waals surface area contributed by atoms with E-state index in [2.05, 4.69) is 40.4 Å². The summed E-state index contributed by atoms with van der Waals surface area (Å²) in [4.78, 5) is 23.6. The van der Waals surface area contributed by atoms with E-state index in [4.69, 9.17) is 4.74 Å². The van der Waals surface area contributed by atoms with Crippen molar-refractivity contribution in [2.75, 3.05) is 11.4 Å². The molecule has 0 bridgehead atoms. The summed E-state index contributed by atoms with van der Waals surface area (Å²) in [6.07, 6.45) is 2.44. The molecule has 2 aromatic heterocycles.